The molecule has 0 aliphatic carbocycles. The van der Waals surface area contributed by atoms with Crippen LogP contribution in [0.4, 0.5) is 10.1 Å². The highest BCUT2D eigenvalue weighted by Crippen LogP contribution is 2.32. The fourth-order valence-electron chi connectivity index (χ4n) is 2.33. The molecular weight excluding hydrogens is 339 g/mol. The maximum Gasteiger partial charge on any atom is 0.250 e. The summed E-state index contributed by atoms with van der Waals surface area (Å²) in [5, 5.41) is 2.74. The molecule has 0 spiro atoms. The maximum absolute atomic E-state index is 14.1. The van der Waals surface area contributed by atoms with Gasteiger partial charge in [-0.1, -0.05) is 26.8 Å². The summed E-state index contributed by atoms with van der Waals surface area (Å²) in [5.74, 6) is -0.975. The van der Waals surface area contributed by atoms with Crippen LogP contribution in [-0.4, -0.2) is 24.4 Å². The topological polar surface area (TPSA) is 49.4 Å². The van der Waals surface area contributed by atoms with Gasteiger partial charge in [0.05, 0.1) is 5.69 Å². The van der Waals surface area contributed by atoms with Gasteiger partial charge in [0.2, 0.25) is 11.8 Å². The van der Waals surface area contributed by atoms with Crippen LogP contribution in [0.5, 0.6) is 0 Å². The molecule has 0 bridgehead atoms. The van der Waals surface area contributed by atoms with E-state index in [9.17, 15) is 14.0 Å². The standard InChI is InChI=1S/C15H18BrFN2O2/c1-15(2,3)13-14(21)19(8-7-11(20)18-13)12-9(16)5-4-6-10(12)17/h4-6,13H,7-8H2,1-3H3,(H,18,20). The third-order valence-corrected chi connectivity index (χ3v) is 4.09. The summed E-state index contributed by atoms with van der Waals surface area (Å²) in [6, 6.07) is 3.87. The molecule has 1 aromatic rings. The number of rotatable bonds is 1. The zero-order chi connectivity index (χ0) is 15.8. The van der Waals surface area contributed by atoms with E-state index in [0.29, 0.717) is 4.47 Å². The van der Waals surface area contributed by atoms with Gasteiger partial charge in [0, 0.05) is 17.4 Å². The highest BCUT2D eigenvalue weighted by atomic mass is 79.9. The van der Waals surface area contributed by atoms with Gasteiger partial charge in [0.1, 0.15) is 11.9 Å². The van der Waals surface area contributed by atoms with Gasteiger partial charge >= 0.3 is 0 Å². The van der Waals surface area contributed by atoms with Crippen molar-refractivity contribution in [3.05, 3.63) is 28.5 Å². The second kappa shape index (κ2) is 5.75. The predicted octanol–water partition coefficient (Wildman–Crippen LogP) is 2.86. The fourth-order valence-corrected chi connectivity index (χ4v) is 2.89. The van der Waals surface area contributed by atoms with Crippen molar-refractivity contribution in [2.24, 2.45) is 5.41 Å². The van der Waals surface area contributed by atoms with Gasteiger partial charge in [-0.2, -0.15) is 0 Å². The molecule has 1 saturated heterocycles. The van der Waals surface area contributed by atoms with Gasteiger partial charge in [-0.25, -0.2) is 4.39 Å². The highest BCUT2D eigenvalue weighted by Gasteiger charge is 2.39. The van der Waals surface area contributed by atoms with E-state index in [2.05, 4.69) is 21.2 Å². The molecule has 1 aromatic carbocycles. The predicted molar refractivity (Wildman–Crippen MR) is 82.5 cm³/mol. The number of nitrogens with zero attached hydrogens (tertiary/aromatic N) is 1. The minimum Gasteiger partial charge on any atom is -0.344 e. The quantitative estimate of drug-likeness (QED) is 0.840. The first-order valence-electron chi connectivity index (χ1n) is 6.76. The van der Waals surface area contributed by atoms with Crippen LogP contribution in [-0.2, 0) is 9.59 Å². The molecular formula is C15H18BrFN2O2. The number of hydrogen-bond donors (Lipinski definition) is 1. The van der Waals surface area contributed by atoms with Gasteiger partial charge in [-0.05, 0) is 33.5 Å². The summed E-state index contributed by atoms with van der Waals surface area (Å²) < 4.78 is 14.6. The van der Waals surface area contributed by atoms with Gasteiger partial charge < -0.3 is 10.2 Å². The molecule has 4 nitrogen and oxygen atoms in total. The summed E-state index contributed by atoms with van der Waals surface area (Å²) in [7, 11) is 0. The number of benzene rings is 1. The lowest BCUT2D eigenvalue weighted by Crippen LogP contribution is -2.52. The molecule has 6 heteroatoms. The number of hydrogen-bond acceptors (Lipinski definition) is 2. The lowest BCUT2D eigenvalue weighted by atomic mass is 9.86. The summed E-state index contributed by atoms with van der Waals surface area (Å²) in [6.07, 6.45) is 0.152. The van der Waals surface area contributed by atoms with E-state index in [1.165, 1.54) is 11.0 Å². The number of carbonyl (C=O) groups excluding carboxylic acids is 2. The Morgan fingerprint density at radius 2 is 2.00 bits per heavy atom. The molecule has 2 amide bonds. The first-order chi connectivity index (χ1) is 9.71. The molecule has 0 saturated carbocycles. The molecule has 1 unspecified atom stereocenters. The third-order valence-electron chi connectivity index (χ3n) is 3.45. The van der Waals surface area contributed by atoms with Gasteiger partial charge in [-0.3, -0.25) is 9.59 Å². The second-order valence-electron chi connectivity index (χ2n) is 6.18. The molecule has 2 rings (SSSR count). The van der Waals surface area contributed by atoms with Crippen molar-refractivity contribution in [3.8, 4) is 0 Å². The number of para-hydroxylation sites is 1. The molecule has 0 aromatic heterocycles. The van der Waals surface area contributed by atoms with E-state index in [0.717, 1.165) is 0 Å². The SMILES string of the molecule is CC(C)(C)C1NC(=O)CCN(c2c(F)cccc2Br)C1=O. The van der Waals surface area contributed by atoms with Crippen molar-refractivity contribution in [2.75, 3.05) is 11.4 Å². The average molecular weight is 357 g/mol. The minimum absolute atomic E-state index is 0.152. The number of nitrogens with one attached hydrogen (secondary N) is 1. The van der Waals surface area contributed by atoms with Crippen molar-refractivity contribution in [1.82, 2.24) is 5.32 Å². The number of carbonyl (C=O) groups is 2. The Morgan fingerprint density at radius 3 is 2.57 bits per heavy atom. The number of halogens is 2. The van der Waals surface area contributed by atoms with Crippen LogP contribution in [0, 0.1) is 11.2 Å². The third kappa shape index (κ3) is 3.26. The van der Waals surface area contributed by atoms with Crippen LogP contribution >= 0.6 is 15.9 Å². The fraction of sp³-hybridized carbons (Fsp3) is 0.467. The Balaban J connectivity index is 2.48. The van der Waals surface area contributed by atoms with Gasteiger partial charge in [0.25, 0.3) is 0 Å². The molecule has 1 atom stereocenters. The summed E-state index contributed by atoms with van der Waals surface area (Å²) >= 11 is 3.28. The summed E-state index contributed by atoms with van der Waals surface area (Å²) in [4.78, 5) is 26.0. The van der Waals surface area contributed by atoms with Crippen LogP contribution in [0.3, 0.4) is 0 Å². The zero-order valence-electron chi connectivity index (χ0n) is 12.2. The van der Waals surface area contributed by atoms with E-state index in [1.54, 1.807) is 12.1 Å². The van der Waals surface area contributed by atoms with Crippen molar-refractivity contribution >= 4 is 33.4 Å². The van der Waals surface area contributed by atoms with Crippen LogP contribution in [0.1, 0.15) is 27.2 Å². The van der Waals surface area contributed by atoms with Crippen LogP contribution in [0.15, 0.2) is 22.7 Å². The molecule has 1 aliphatic rings. The Hall–Kier alpha value is -1.43. The van der Waals surface area contributed by atoms with E-state index < -0.39 is 17.3 Å². The molecule has 21 heavy (non-hydrogen) atoms. The molecule has 1 fully saturated rings. The lowest BCUT2D eigenvalue weighted by molar-refractivity contribution is -0.127. The van der Waals surface area contributed by atoms with Gasteiger partial charge in [-0.15, -0.1) is 0 Å². The maximum atomic E-state index is 14.1. The molecule has 114 valence electrons. The Labute approximate surface area is 131 Å². The second-order valence-corrected chi connectivity index (χ2v) is 7.03. The highest BCUT2D eigenvalue weighted by molar-refractivity contribution is 9.10. The van der Waals surface area contributed by atoms with Crippen molar-refractivity contribution in [3.63, 3.8) is 0 Å². The van der Waals surface area contributed by atoms with E-state index in [4.69, 9.17) is 0 Å². The van der Waals surface area contributed by atoms with Gasteiger partial charge in [0.15, 0.2) is 0 Å². The minimum atomic E-state index is -0.681. The van der Waals surface area contributed by atoms with Crippen molar-refractivity contribution in [1.29, 1.82) is 0 Å². The Bertz CT molecular complexity index is 563. The Morgan fingerprint density at radius 1 is 1.33 bits per heavy atom. The molecule has 1 heterocycles. The summed E-state index contributed by atoms with van der Waals surface area (Å²) in [6.45, 7) is 5.78. The zero-order valence-corrected chi connectivity index (χ0v) is 13.8. The first kappa shape index (κ1) is 15.9. The van der Waals surface area contributed by atoms with E-state index >= 15 is 0 Å². The smallest absolute Gasteiger partial charge is 0.250 e. The molecule has 0 radical (unpaired) electrons. The summed E-state index contributed by atoms with van der Waals surface area (Å²) in [5.41, 5.74) is -0.263. The Kier molecular flexibility index (Phi) is 4.37. The lowest BCUT2D eigenvalue weighted by Gasteiger charge is -2.32. The first-order valence-corrected chi connectivity index (χ1v) is 7.56. The largest absolute Gasteiger partial charge is 0.344 e. The van der Waals surface area contributed by atoms with E-state index in [1.807, 2.05) is 20.8 Å². The average Bonchev–Trinajstić information content (AvgIpc) is 2.50. The van der Waals surface area contributed by atoms with Crippen molar-refractivity contribution < 1.29 is 14.0 Å². The monoisotopic (exact) mass is 356 g/mol. The number of anilines is 1. The van der Waals surface area contributed by atoms with Crippen LogP contribution in [0.2, 0.25) is 0 Å². The van der Waals surface area contributed by atoms with E-state index in [-0.39, 0.29) is 30.5 Å². The normalized spacial score (nSPS) is 20.2. The van der Waals surface area contributed by atoms with Crippen molar-refractivity contribution in [2.45, 2.75) is 33.2 Å². The van der Waals surface area contributed by atoms with Crippen LogP contribution < -0.4 is 10.2 Å². The number of amides is 2. The molecule has 1 aliphatic heterocycles. The van der Waals surface area contributed by atoms with Crippen LogP contribution in [0.25, 0.3) is 0 Å². The molecule has 1 N–H and O–H groups in total.